The maximum absolute atomic E-state index is 13.1. The molecule has 0 amide bonds. The highest BCUT2D eigenvalue weighted by Crippen LogP contribution is 2.66. The van der Waals surface area contributed by atoms with Crippen molar-refractivity contribution < 1.29 is 28.7 Å². The Morgan fingerprint density at radius 1 is 0.935 bits per heavy atom. The summed E-state index contributed by atoms with van der Waals surface area (Å²) in [6, 6.07) is 0. The van der Waals surface area contributed by atoms with Gasteiger partial charge in [-0.25, -0.2) is 0 Å². The zero-order valence-electron chi connectivity index (χ0n) is 19.3. The monoisotopic (exact) mass is 432 g/mol. The van der Waals surface area contributed by atoms with Crippen molar-refractivity contribution in [3.63, 3.8) is 0 Å². The van der Waals surface area contributed by atoms with Crippen molar-refractivity contribution in [3.8, 4) is 0 Å². The number of ether oxygens (including phenoxy) is 2. The lowest BCUT2D eigenvalue weighted by Gasteiger charge is -2.61. The van der Waals surface area contributed by atoms with Gasteiger partial charge < -0.3 is 9.47 Å². The van der Waals surface area contributed by atoms with Gasteiger partial charge in [0.25, 0.3) is 0 Å². The fourth-order valence-corrected chi connectivity index (χ4v) is 7.98. The van der Waals surface area contributed by atoms with E-state index in [4.69, 9.17) is 9.47 Å². The van der Waals surface area contributed by atoms with Gasteiger partial charge >= 0.3 is 11.9 Å². The van der Waals surface area contributed by atoms with Crippen molar-refractivity contribution in [1.82, 2.24) is 0 Å². The van der Waals surface area contributed by atoms with Crippen LogP contribution in [0.1, 0.15) is 85.5 Å². The number of fused-ring (bicyclic) bond motifs is 5. The van der Waals surface area contributed by atoms with Gasteiger partial charge in [-0.15, -0.1) is 0 Å². The number of hydrogen-bond acceptors (Lipinski definition) is 6. The van der Waals surface area contributed by atoms with Crippen molar-refractivity contribution in [2.75, 3.05) is 6.61 Å². The van der Waals surface area contributed by atoms with Gasteiger partial charge in [0.15, 0.2) is 12.2 Å². The molecular weight excluding hydrogens is 396 g/mol. The SMILES string of the molecule is CC(=O)OCC(=O)[C@]1(OC(C)=O)CC[C@@]2(C)[C@H](CC[C@H]3[C@H]4CCC(=O)[C@]4(C)CC[C@@H]32)C1. The Kier molecular flexibility index (Phi) is 5.58. The smallest absolute Gasteiger partial charge is 0.303 e. The quantitative estimate of drug-likeness (QED) is 0.623. The molecule has 4 saturated carbocycles. The number of esters is 2. The van der Waals surface area contributed by atoms with E-state index < -0.39 is 17.5 Å². The van der Waals surface area contributed by atoms with E-state index in [9.17, 15) is 19.2 Å². The predicted octanol–water partition coefficient (Wildman–Crippen LogP) is 4.03. The molecule has 4 aliphatic carbocycles. The van der Waals surface area contributed by atoms with Gasteiger partial charge in [-0.3, -0.25) is 19.2 Å². The number of carbonyl (C=O) groups is 4. The Morgan fingerprint density at radius 3 is 2.35 bits per heavy atom. The molecule has 172 valence electrons. The second-order valence-corrected chi connectivity index (χ2v) is 11.1. The summed E-state index contributed by atoms with van der Waals surface area (Å²) in [7, 11) is 0. The summed E-state index contributed by atoms with van der Waals surface area (Å²) in [5.74, 6) is 1.07. The zero-order chi connectivity index (χ0) is 22.6. The van der Waals surface area contributed by atoms with Crippen LogP contribution in [-0.2, 0) is 28.7 Å². The van der Waals surface area contributed by atoms with Crippen molar-refractivity contribution in [2.24, 2.45) is 34.5 Å². The minimum absolute atomic E-state index is 0.0846. The van der Waals surface area contributed by atoms with Crippen molar-refractivity contribution in [1.29, 1.82) is 0 Å². The Balaban J connectivity index is 1.56. The summed E-state index contributed by atoms with van der Waals surface area (Å²) in [4.78, 5) is 48.8. The predicted molar refractivity (Wildman–Crippen MR) is 113 cm³/mol. The van der Waals surface area contributed by atoms with E-state index in [1.807, 2.05) is 0 Å². The Hall–Kier alpha value is -1.72. The van der Waals surface area contributed by atoms with Crippen molar-refractivity contribution in [2.45, 2.75) is 91.1 Å². The Bertz CT molecular complexity index is 804. The van der Waals surface area contributed by atoms with Gasteiger partial charge in [0.05, 0.1) is 0 Å². The highest BCUT2D eigenvalue weighted by Gasteiger charge is 2.62. The first-order valence-electron chi connectivity index (χ1n) is 11.9. The number of ketones is 2. The zero-order valence-corrected chi connectivity index (χ0v) is 19.3. The molecule has 0 heterocycles. The first kappa shape index (κ1) is 22.5. The maximum Gasteiger partial charge on any atom is 0.303 e. The summed E-state index contributed by atoms with van der Waals surface area (Å²) in [5.41, 5.74) is -1.24. The highest BCUT2D eigenvalue weighted by atomic mass is 16.6. The molecule has 4 fully saturated rings. The van der Waals surface area contributed by atoms with Crippen LogP contribution in [0.15, 0.2) is 0 Å². The summed E-state index contributed by atoms with van der Waals surface area (Å²) in [6.45, 7) is 6.82. The van der Waals surface area contributed by atoms with Gasteiger partial charge in [0, 0.05) is 25.7 Å². The van der Waals surface area contributed by atoms with Crippen LogP contribution in [0.25, 0.3) is 0 Å². The third-order valence-corrected chi connectivity index (χ3v) is 9.67. The van der Waals surface area contributed by atoms with Gasteiger partial charge in [0.1, 0.15) is 5.78 Å². The summed E-state index contributed by atoms with van der Waals surface area (Å²) in [5, 5.41) is 0. The molecule has 0 unspecified atom stereocenters. The molecule has 0 aliphatic heterocycles. The van der Waals surface area contributed by atoms with Gasteiger partial charge in [-0.2, -0.15) is 0 Å². The van der Waals surface area contributed by atoms with Crippen LogP contribution in [-0.4, -0.2) is 35.7 Å². The van der Waals surface area contributed by atoms with E-state index in [1.165, 1.54) is 13.8 Å². The second-order valence-electron chi connectivity index (χ2n) is 11.1. The van der Waals surface area contributed by atoms with Crippen molar-refractivity contribution >= 4 is 23.5 Å². The lowest BCUT2D eigenvalue weighted by atomic mass is 9.44. The molecule has 6 heteroatoms. The van der Waals surface area contributed by atoms with Crippen LogP contribution in [0, 0.1) is 34.5 Å². The molecule has 0 aromatic rings. The number of rotatable bonds is 4. The average Bonchev–Trinajstić information content (AvgIpc) is 3.01. The molecule has 31 heavy (non-hydrogen) atoms. The molecule has 0 saturated heterocycles. The average molecular weight is 433 g/mol. The standard InChI is InChI=1S/C25H36O6/c1-15(26)30-14-22(29)25(31-16(2)27)12-11-23(3)17(13-25)5-6-18-19-7-8-21(28)24(19,4)10-9-20(18)23/h17-20H,5-14H2,1-4H3/t17-,18+,19-,20+,23+,24-,25+/m1/s1. The minimum Gasteiger partial charge on any atom is -0.458 e. The molecule has 7 atom stereocenters. The third kappa shape index (κ3) is 3.54. The lowest BCUT2D eigenvalue weighted by molar-refractivity contribution is -0.189. The minimum atomic E-state index is -1.19. The molecule has 0 N–H and O–H groups in total. The molecule has 6 nitrogen and oxygen atoms in total. The van der Waals surface area contributed by atoms with Crippen LogP contribution < -0.4 is 0 Å². The second kappa shape index (κ2) is 7.70. The molecule has 4 aliphatic rings. The fraction of sp³-hybridized carbons (Fsp3) is 0.840. The number of carbonyl (C=O) groups excluding carboxylic acids is 4. The third-order valence-electron chi connectivity index (χ3n) is 9.67. The molecular formula is C25H36O6. The van der Waals surface area contributed by atoms with Crippen LogP contribution in [0.5, 0.6) is 0 Å². The molecule has 0 radical (unpaired) electrons. The van der Waals surface area contributed by atoms with E-state index in [2.05, 4.69) is 13.8 Å². The largest absolute Gasteiger partial charge is 0.458 e. The maximum atomic E-state index is 13.1. The first-order valence-corrected chi connectivity index (χ1v) is 11.9. The van der Waals surface area contributed by atoms with Crippen LogP contribution in [0.2, 0.25) is 0 Å². The Labute approximate surface area is 184 Å². The van der Waals surface area contributed by atoms with E-state index >= 15 is 0 Å². The molecule has 0 bridgehead atoms. The summed E-state index contributed by atoms with van der Waals surface area (Å²) in [6.07, 6.45) is 7.65. The van der Waals surface area contributed by atoms with E-state index in [0.717, 1.165) is 44.9 Å². The number of hydrogen-bond donors (Lipinski definition) is 0. The molecule has 0 aromatic heterocycles. The fourth-order valence-electron chi connectivity index (χ4n) is 7.98. The van der Waals surface area contributed by atoms with Gasteiger partial charge in [0.2, 0.25) is 5.78 Å². The van der Waals surface area contributed by atoms with Gasteiger partial charge in [-0.1, -0.05) is 13.8 Å². The van der Waals surface area contributed by atoms with Crippen LogP contribution in [0.3, 0.4) is 0 Å². The molecule has 0 aromatic carbocycles. The summed E-state index contributed by atoms with van der Waals surface area (Å²) < 4.78 is 10.6. The lowest BCUT2D eigenvalue weighted by Crippen LogP contribution is -2.59. The normalized spacial score (nSPS) is 43.9. The van der Waals surface area contributed by atoms with Crippen LogP contribution >= 0.6 is 0 Å². The highest BCUT2D eigenvalue weighted by molar-refractivity contribution is 5.91. The Morgan fingerprint density at radius 2 is 1.68 bits per heavy atom. The van der Waals surface area contributed by atoms with Crippen molar-refractivity contribution in [3.05, 3.63) is 0 Å². The van der Waals surface area contributed by atoms with E-state index in [-0.39, 0.29) is 29.1 Å². The first-order chi connectivity index (χ1) is 14.5. The molecule has 4 rings (SSSR count). The summed E-state index contributed by atoms with van der Waals surface area (Å²) >= 11 is 0. The topological polar surface area (TPSA) is 86.7 Å². The molecule has 0 spiro atoms. The number of Topliss-reactive ketones (excluding diaryl/α,β-unsaturated/α-hetero) is 2. The van der Waals surface area contributed by atoms with E-state index in [1.54, 1.807) is 0 Å². The van der Waals surface area contributed by atoms with Gasteiger partial charge in [-0.05, 0) is 80.5 Å². The van der Waals surface area contributed by atoms with E-state index in [0.29, 0.717) is 36.4 Å². The van der Waals surface area contributed by atoms with Crippen LogP contribution in [0.4, 0.5) is 0 Å².